The lowest BCUT2D eigenvalue weighted by molar-refractivity contribution is 0.273. The fourth-order valence-electron chi connectivity index (χ4n) is 3.86. The summed E-state index contributed by atoms with van der Waals surface area (Å²) in [6.07, 6.45) is 10.5. The van der Waals surface area contributed by atoms with Gasteiger partial charge in [0.25, 0.3) is 0 Å². The van der Waals surface area contributed by atoms with Gasteiger partial charge >= 0.3 is 0 Å². The van der Waals surface area contributed by atoms with Gasteiger partial charge < -0.3 is 11.5 Å². The van der Waals surface area contributed by atoms with Crippen LogP contribution >= 0.6 is 11.3 Å². The van der Waals surface area contributed by atoms with E-state index in [1.165, 1.54) is 35.1 Å². The Labute approximate surface area is 129 Å². The minimum absolute atomic E-state index is 0.301. The summed E-state index contributed by atoms with van der Waals surface area (Å²) in [5.41, 5.74) is 15.1. The number of nitrogens with two attached hydrogens (primary N) is 2. The molecule has 0 amide bonds. The molecule has 4 rings (SSSR count). The third kappa shape index (κ3) is 2.18. The van der Waals surface area contributed by atoms with Crippen LogP contribution in [0.25, 0.3) is 10.2 Å². The molecule has 4 nitrogen and oxygen atoms in total. The van der Waals surface area contributed by atoms with Gasteiger partial charge in [-0.25, -0.2) is 9.97 Å². The van der Waals surface area contributed by atoms with E-state index in [2.05, 4.69) is 9.97 Å². The Morgan fingerprint density at radius 1 is 1.14 bits per heavy atom. The average molecular weight is 302 g/mol. The van der Waals surface area contributed by atoms with Crippen LogP contribution in [0, 0.1) is 0 Å². The van der Waals surface area contributed by atoms with Crippen molar-refractivity contribution < 1.29 is 0 Å². The lowest BCUT2D eigenvalue weighted by Gasteiger charge is -2.36. The zero-order valence-electron chi connectivity index (χ0n) is 12.3. The number of thiophene rings is 1. The van der Waals surface area contributed by atoms with Crippen LogP contribution in [0.4, 0.5) is 0 Å². The normalized spacial score (nSPS) is 29.5. The molecule has 0 spiro atoms. The highest BCUT2D eigenvalue weighted by Crippen LogP contribution is 2.42. The van der Waals surface area contributed by atoms with Gasteiger partial charge in [-0.15, -0.1) is 11.3 Å². The zero-order valence-corrected chi connectivity index (χ0v) is 13.1. The second-order valence-electron chi connectivity index (χ2n) is 6.61. The molecule has 2 aromatic heterocycles. The molecule has 1 fully saturated rings. The molecule has 0 atom stereocenters. The highest BCUT2D eigenvalue weighted by atomic mass is 32.1. The van der Waals surface area contributed by atoms with Crippen LogP contribution in [-0.4, -0.2) is 16.0 Å². The molecule has 0 aromatic carbocycles. The number of fused-ring (bicyclic) bond motifs is 3. The number of aromatic nitrogens is 2. The molecular weight excluding hydrogens is 280 g/mol. The largest absolute Gasteiger partial charge is 0.328 e. The first kappa shape index (κ1) is 13.6. The number of hydrogen-bond acceptors (Lipinski definition) is 5. The Hall–Kier alpha value is -1.04. The standard InChI is InChI=1S/C16H22N4S/c17-10-5-7-16(18,8-6-10)14-13-11-3-1-2-4-12(11)21-15(13)20-9-19-14/h9-10H,1-8,17-18H2. The van der Waals surface area contributed by atoms with Gasteiger partial charge in [-0.1, -0.05) is 0 Å². The van der Waals surface area contributed by atoms with E-state index in [1.54, 1.807) is 6.33 Å². The van der Waals surface area contributed by atoms with Crippen molar-refractivity contribution in [2.24, 2.45) is 11.5 Å². The van der Waals surface area contributed by atoms with Crippen LogP contribution < -0.4 is 11.5 Å². The molecule has 0 bridgehead atoms. The number of nitrogens with zero attached hydrogens (tertiary/aromatic N) is 2. The van der Waals surface area contributed by atoms with Crippen molar-refractivity contribution in [2.75, 3.05) is 0 Å². The Bertz CT molecular complexity index is 670. The molecule has 0 radical (unpaired) electrons. The molecule has 2 aliphatic rings. The summed E-state index contributed by atoms with van der Waals surface area (Å²) < 4.78 is 0. The lowest BCUT2D eigenvalue weighted by Crippen LogP contribution is -2.44. The Balaban J connectivity index is 1.87. The highest BCUT2D eigenvalue weighted by molar-refractivity contribution is 7.18. The summed E-state index contributed by atoms with van der Waals surface area (Å²) in [6, 6.07) is 0.301. The topological polar surface area (TPSA) is 77.8 Å². The molecule has 2 aliphatic carbocycles. The maximum absolute atomic E-state index is 6.76. The second kappa shape index (κ2) is 5.00. The van der Waals surface area contributed by atoms with Crippen LogP contribution in [0.2, 0.25) is 0 Å². The smallest absolute Gasteiger partial charge is 0.127 e. The third-order valence-corrected chi connectivity index (χ3v) is 6.35. The summed E-state index contributed by atoms with van der Waals surface area (Å²) in [5, 5.41) is 1.27. The van der Waals surface area contributed by atoms with Crippen LogP contribution in [0.15, 0.2) is 6.33 Å². The van der Waals surface area contributed by atoms with Gasteiger partial charge in [0.1, 0.15) is 11.2 Å². The maximum Gasteiger partial charge on any atom is 0.127 e. The van der Waals surface area contributed by atoms with E-state index in [0.717, 1.165) is 42.6 Å². The van der Waals surface area contributed by atoms with E-state index < -0.39 is 0 Å². The first-order valence-electron chi connectivity index (χ1n) is 7.97. The van der Waals surface area contributed by atoms with Crippen LogP contribution in [-0.2, 0) is 18.4 Å². The summed E-state index contributed by atoms with van der Waals surface area (Å²) in [5.74, 6) is 0. The first-order valence-corrected chi connectivity index (χ1v) is 8.79. The molecule has 5 heteroatoms. The molecule has 112 valence electrons. The van der Waals surface area contributed by atoms with E-state index >= 15 is 0 Å². The van der Waals surface area contributed by atoms with Gasteiger partial charge in [0.2, 0.25) is 0 Å². The number of aryl methyl sites for hydroxylation is 2. The molecule has 0 unspecified atom stereocenters. The van der Waals surface area contributed by atoms with Crippen molar-refractivity contribution in [3.63, 3.8) is 0 Å². The van der Waals surface area contributed by atoms with Crippen molar-refractivity contribution >= 4 is 21.6 Å². The second-order valence-corrected chi connectivity index (χ2v) is 7.69. The summed E-state index contributed by atoms with van der Waals surface area (Å²) in [6.45, 7) is 0. The fraction of sp³-hybridized carbons (Fsp3) is 0.625. The molecule has 2 aromatic rings. The molecule has 4 N–H and O–H groups in total. The van der Waals surface area contributed by atoms with E-state index in [9.17, 15) is 0 Å². The number of hydrogen-bond donors (Lipinski definition) is 2. The van der Waals surface area contributed by atoms with Gasteiger partial charge in [-0.3, -0.25) is 0 Å². The van der Waals surface area contributed by atoms with Crippen molar-refractivity contribution in [1.82, 2.24) is 9.97 Å². The lowest BCUT2D eigenvalue weighted by atomic mass is 9.76. The molecule has 1 saturated carbocycles. The Kier molecular flexibility index (Phi) is 3.24. The van der Waals surface area contributed by atoms with E-state index in [1.807, 2.05) is 11.3 Å². The molecule has 0 saturated heterocycles. The predicted octanol–water partition coefficient (Wildman–Crippen LogP) is 2.63. The SMILES string of the molecule is NC1CCC(N)(c2ncnc3sc4c(c23)CCCC4)CC1. The van der Waals surface area contributed by atoms with Crippen molar-refractivity contribution in [3.05, 3.63) is 22.5 Å². The summed E-state index contributed by atoms with van der Waals surface area (Å²) >= 11 is 1.85. The van der Waals surface area contributed by atoms with Crippen molar-refractivity contribution in [3.8, 4) is 0 Å². The van der Waals surface area contributed by atoms with Crippen molar-refractivity contribution in [1.29, 1.82) is 0 Å². The maximum atomic E-state index is 6.76. The van der Waals surface area contributed by atoms with E-state index in [-0.39, 0.29) is 5.54 Å². The van der Waals surface area contributed by atoms with Gasteiger partial charge in [0.15, 0.2) is 0 Å². The van der Waals surface area contributed by atoms with Gasteiger partial charge in [-0.05, 0) is 56.9 Å². The van der Waals surface area contributed by atoms with Crippen molar-refractivity contribution in [2.45, 2.75) is 62.9 Å². The Morgan fingerprint density at radius 2 is 1.90 bits per heavy atom. The average Bonchev–Trinajstić information content (AvgIpc) is 2.89. The Morgan fingerprint density at radius 3 is 2.71 bits per heavy atom. The highest BCUT2D eigenvalue weighted by Gasteiger charge is 2.36. The van der Waals surface area contributed by atoms with Gasteiger partial charge in [0.05, 0.1) is 11.2 Å². The van der Waals surface area contributed by atoms with E-state index in [0.29, 0.717) is 6.04 Å². The molecule has 2 heterocycles. The van der Waals surface area contributed by atoms with E-state index in [4.69, 9.17) is 11.5 Å². The molecule has 21 heavy (non-hydrogen) atoms. The minimum atomic E-state index is -0.316. The summed E-state index contributed by atoms with van der Waals surface area (Å²) in [7, 11) is 0. The fourth-order valence-corrected chi connectivity index (χ4v) is 5.09. The predicted molar refractivity (Wildman–Crippen MR) is 86.4 cm³/mol. The number of rotatable bonds is 1. The minimum Gasteiger partial charge on any atom is -0.328 e. The third-order valence-electron chi connectivity index (χ3n) is 5.15. The molecule has 0 aliphatic heterocycles. The zero-order chi connectivity index (χ0) is 14.4. The van der Waals surface area contributed by atoms with Crippen LogP contribution in [0.3, 0.4) is 0 Å². The molecular formula is C16H22N4S. The first-order chi connectivity index (χ1) is 10.2. The quantitative estimate of drug-likeness (QED) is 0.849. The monoisotopic (exact) mass is 302 g/mol. The van der Waals surface area contributed by atoms with Gasteiger partial charge in [0, 0.05) is 16.3 Å². The van der Waals surface area contributed by atoms with Gasteiger partial charge in [-0.2, -0.15) is 0 Å². The van der Waals surface area contributed by atoms with Crippen LogP contribution in [0.1, 0.15) is 54.7 Å². The van der Waals surface area contributed by atoms with Crippen LogP contribution in [0.5, 0.6) is 0 Å². The summed E-state index contributed by atoms with van der Waals surface area (Å²) in [4.78, 5) is 11.8.